The maximum Gasteiger partial charge on any atom is 0.261 e. The molecule has 0 bridgehead atoms. The van der Waals surface area contributed by atoms with Crippen LogP contribution >= 0.6 is 0 Å². The van der Waals surface area contributed by atoms with Gasteiger partial charge in [-0.2, -0.15) is 0 Å². The van der Waals surface area contributed by atoms with Crippen molar-refractivity contribution in [3.8, 4) is 0 Å². The third kappa shape index (κ3) is 3.45. The van der Waals surface area contributed by atoms with E-state index in [1.54, 1.807) is 12.1 Å². The lowest BCUT2D eigenvalue weighted by molar-refractivity contribution is 0.0656. The Morgan fingerprint density at radius 2 is 1.72 bits per heavy atom. The summed E-state index contributed by atoms with van der Waals surface area (Å²) >= 11 is 0. The van der Waals surface area contributed by atoms with Crippen LogP contribution in [0.5, 0.6) is 0 Å². The van der Waals surface area contributed by atoms with Gasteiger partial charge >= 0.3 is 0 Å². The Balaban J connectivity index is 1.76. The summed E-state index contributed by atoms with van der Waals surface area (Å²) < 4.78 is 0. The molecule has 0 saturated heterocycles. The van der Waals surface area contributed by atoms with E-state index in [9.17, 15) is 14.4 Å². The zero-order valence-electron chi connectivity index (χ0n) is 14.1. The van der Waals surface area contributed by atoms with Gasteiger partial charge in [0.05, 0.1) is 11.1 Å². The second kappa shape index (κ2) is 7.30. The fourth-order valence-electron chi connectivity index (χ4n) is 2.86. The van der Waals surface area contributed by atoms with Gasteiger partial charge in [-0.1, -0.05) is 37.3 Å². The topological polar surface area (TPSA) is 66.5 Å². The molecule has 0 spiro atoms. The molecule has 0 aromatic heterocycles. The molecule has 1 aliphatic rings. The van der Waals surface area contributed by atoms with Crippen LogP contribution in [0, 0.1) is 0 Å². The minimum Gasteiger partial charge on any atom is -0.352 e. The number of rotatable bonds is 6. The lowest BCUT2D eigenvalue weighted by Gasteiger charge is -2.13. The van der Waals surface area contributed by atoms with E-state index in [-0.39, 0.29) is 17.7 Å². The Morgan fingerprint density at radius 1 is 1.00 bits per heavy atom. The van der Waals surface area contributed by atoms with Gasteiger partial charge in [-0.3, -0.25) is 19.3 Å². The van der Waals surface area contributed by atoms with Crippen LogP contribution in [0.25, 0.3) is 0 Å². The van der Waals surface area contributed by atoms with E-state index in [1.807, 2.05) is 37.3 Å². The van der Waals surface area contributed by atoms with E-state index in [0.29, 0.717) is 36.2 Å². The van der Waals surface area contributed by atoms with E-state index in [2.05, 4.69) is 5.32 Å². The van der Waals surface area contributed by atoms with E-state index < -0.39 is 0 Å². The molecule has 0 aliphatic carbocycles. The summed E-state index contributed by atoms with van der Waals surface area (Å²) in [7, 11) is 0. The van der Waals surface area contributed by atoms with Crippen molar-refractivity contribution < 1.29 is 14.4 Å². The van der Waals surface area contributed by atoms with Gasteiger partial charge in [0.15, 0.2) is 0 Å². The number of imide groups is 1. The van der Waals surface area contributed by atoms with Gasteiger partial charge < -0.3 is 5.32 Å². The molecule has 5 heteroatoms. The van der Waals surface area contributed by atoms with Crippen LogP contribution in [0.15, 0.2) is 48.5 Å². The summed E-state index contributed by atoms with van der Waals surface area (Å²) in [5.74, 6) is -0.856. The zero-order chi connectivity index (χ0) is 17.8. The van der Waals surface area contributed by atoms with Crippen LogP contribution in [0.2, 0.25) is 0 Å². The largest absolute Gasteiger partial charge is 0.352 e. The van der Waals surface area contributed by atoms with E-state index >= 15 is 0 Å². The van der Waals surface area contributed by atoms with Gasteiger partial charge in [0, 0.05) is 18.7 Å². The van der Waals surface area contributed by atoms with Crippen LogP contribution in [-0.2, 0) is 6.42 Å². The lowest BCUT2D eigenvalue weighted by atomic mass is 10.1. The third-order valence-electron chi connectivity index (χ3n) is 4.24. The predicted molar refractivity (Wildman–Crippen MR) is 94.6 cm³/mol. The molecule has 2 aromatic rings. The molecule has 25 heavy (non-hydrogen) atoms. The van der Waals surface area contributed by atoms with E-state index in [1.165, 1.54) is 11.0 Å². The van der Waals surface area contributed by atoms with Crippen molar-refractivity contribution in [2.24, 2.45) is 0 Å². The first-order chi connectivity index (χ1) is 12.1. The summed E-state index contributed by atoms with van der Waals surface area (Å²) in [6.07, 6.45) is 1.44. The maximum absolute atomic E-state index is 12.6. The number of carbonyl (C=O) groups is 3. The SMILES string of the molecule is CCCNC(=O)c1ccc2c(c1)C(=O)N(CCc1ccccc1)C2=O. The van der Waals surface area contributed by atoms with Gasteiger partial charge in [0.1, 0.15) is 0 Å². The third-order valence-corrected chi connectivity index (χ3v) is 4.24. The molecule has 0 radical (unpaired) electrons. The first kappa shape index (κ1) is 16.9. The molecule has 1 aliphatic heterocycles. The molecule has 5 nitrogen and oxygen atoms in total. The highest BCUT2D eigenvalue weighted by molar-refractivity contribution is 6.22. The standard InChI is InChI=1S/C20H20N2O3/c1-2-11-21-18(23)15-8-9-16-17(13-15)20(25)22(19(16)24)12-10-14-6-4-3-5-7-14/h3-9,13H,2,10-12H2,1H3,(H,21,23). The number of hydrogen-bond donors (Lipinski definition) is 1. The Kier molecular flexibility index (Phi) is 4.93. The number of amides is 3. The van der Waals surface area contributed by atoms with Crippen LogP contribution < -0.4 is 5.32 Å². The van der Waals surface area contributed by atoms with Crippen molar-refractivity contribution in [1.82, 2.24) is 10.2 Å². The molecule has 0 saturated carbocycles. The number of hydrogen-bond acceptors (Lipinski definition) is 3. The van der Waals surface area contributed by atoms with Crippen molar-refractivity contribution in [1.29, 1.82) is 0 Å². The Hall–Kier alpha value is -2.95. The molecule has 2 aromatic carbocycles. The maximum atomic E-state index is 12.6. The number of fused-ring (bicyclic) bond motifs is 1. The number of nitrogens with zero attached hydrogens (tertiary/aromatic N) is 1. The highest BCUT2D eigenvalue weighted by Gasteiger charge is 2.35. The first-order valence-corrected chi connectivity index (χ1v) is 8.44. The molecule has 128 valence electrons. The Morgan fingerprint density at radius 3 is 2.44 bits per heavy atom. The molecule has 0 unspecified atom stereocenters. The molecular weight excluding hydrogens is 316 g/mol. The average molecular weight is 336 g/mol. The van der Waals surface area contributed by atoms with Crippen LogP contribution in [0.4, 0.5) is 0 Å². The van der Waals surface area contributed by atoms with Crippen molar-refractivity contribution in [2.45, 2.75) is 19.8 Å². The monoisotopic (exact) mass is 336 g/mol. The van der Waals surface area contributed by atoms with Crippen molar-refractivity contribution in [2.75, 3.05) is 13.1 Å². The fourth-order valence-corrected chi connectivity index (χ4v) is 2.86. The van der Waals surface area contributed by atoms with Crippen LogP contribution in [-0.4, -0.2) is 35.7 Å². The highest BCUT2D eigenvalue weighted by atomic mass is 16.2. The quantitative estimate of drug-likeness (QED) is 0.825. The predicted octanol–water partition coefficient (Wildman–Crippen LogP) is 2.67. The summed E-state index contributed by atoms with van der Waals surface area (Å²) in [6.45, 7) is 2.87. The first-order valence-electron chi connectivity index (χ1n) is 8.44. The van der Waals surface area contributed by atoms with Gasteiger partial charge in [-0.05, 0) is 36.6 Å². The molecule has 3 rings (SSSR count). The lowest BCUT2D eigenvalue weighted by Crippen LogP contribution is -2.31. The molecule has 0 atom stereocenters. The summed E-state index contributed by atoms with van der Waals surface area (Å²) in [5.41, 5.74) is 2.14. The second-order valence-corrected chi connectivity index (χ2v) is 6.01. The normalized spacial score (nSPS) is 13.1. The number of benzene rings is 2. The minimum absolute atomic E-state index is 0.229. The fraction of sp³-hybridized carbons (Fsp3) is 0.250. The number of nitrogens with one attached hydrogen (secondary N) is 1. The molecule has 1 heterocycles. The average Bonchev–Trinajstić information content (AvgIpc) is 2.89. The van der Waals surface area contributed by atoms with Crippen LogP contribution in [0.1, 0.15) is 50.0 Å². The van der Waals surface area contributed by atoms with Gasteiger partial charge in [0.2, 0.25) is 0 Å². The van der Waals surface area contributed by atoms with Crippen molar-refractivity contribution in [3.05, 3.63) is 70.8 Å². The van der Waals surface area contributed by atoms with Crippen molar-refractivity contribution >= 4 is 17.7 Å². The second-order valence-electron chi connectivity index (χ2n) is 6.01. The Bertz CT molecular complexity index is 815. The van der Waals surface area contributed by atoms with Crippen LogP contribution in [0.3, 0.4) is 0 Å². The summed E-state index contributed by atoms with van der Waals surface area (Å²) in [4.78, 5) is 38.4. The molecule has 0 fully saturated rings. The molecular formula is C20H20N2O3. The Labute approximate surface area is 146 Å². The van der Waals surface area contributed by atoms with Crippen molar-refractivity contribution in [3.63, 3.8) is 0 Å². The number of carbonyl (C=O) groups excluding carboxylic acids is 3. The summed E-state index contributed by atoms with van der Waals surface area (Å²) in [5, 5.41) is 2.77. The van der Waals surface area contributed by atoms with Gasteiger partial charge in [-0.25, -0.2) is 0 Å². The molecule has 1 N–H and O–H groups in total. The minimum atomic E-state index is -0.332. The smallest absolute Gasteiger partial charge is 0.261 e. The highest BCUT2D eigenvalue weighted by Crippen LogP contribution is 2.24. The van der Waals surface area contributed by atoms with E-state index in [0.717, 1.165) is 12.0 Å². The zero-order valence-corrected chi connectivity index (χ0v) is 14.1. The van der Waals surface area contributed by atoms with Gasteiger partial charge in [0.25, 0.3) is 17.7 Å². The summed E-state index contributed by atoms with van der Waals surface area (Å²) in [6, 6.07) is 14.4. The van der Waals surface area contributed by atoms with E-state index in [4.69, 9.17) is 0 Å². The molecule has 3 amide bonds. The van der Waals surface area contributed by atoms with Gasteiger partial charge in [-0.15, -0.1) is 0 Å².